The quantitative estimate of drug-likeness (QED) is 0.141. The zero-order valence-corrected chi connectivity index (χ0v) is 27.9. The Morgan fingerprint density at radius 1 is 1.02 bits per heavy atom. The molecule has 0 amide bonds. The van der Waals surface area contributed by atoms with Gasteiger partial charge in [0.25, 0.3) is 0 Å². The fourth-order valence-corrected chi connectivity index (χ4v) is 6.02. The van der Waals surface area contributed by atoms with Crippen LogP contribution < -0.4 is 19.6 Å². The number of phenolic OH excluding ortho intramolecular Hbond substituents is 1. The van der Waals surface area contributed by atoms with E-state index in [1.165, 1.54) is 20.1 Å². The number of piperidine rings is 1. The van der Waals surface area contributed by atoms with Crippen molar-refractivity contribution >= 4 is 11.0 Å². The number of aliphatic hydroxyl groups is 4. The van der Waals surface area contributed by atoms with Crippen molar-refractivity contribution in [2.24, 2.45) is 0 Å². The summed E-state index contributed by atoms with van der Waals surface area (Å²) < 4.78 is 29.6. The monoisotopic (exact) mass is 669 g/mol. The second-order valence-electron chi connectivity index (χ2n) is 12.8. The van der Waals surface area contributed by atoms with Gasteiger partial charge in [0, 0.05) is 30.3 Å². The first-order valence-corrected chi connectivity index (χ1v) is 16.5. The maximum Gasteiger partial charge on any atom is 0.239 e. The van der Waals surface area contributed by atoms with Crippen molar-refractivity contribution in [2.75, 3.05) is 33.4 Å². The minimum atomic E-state index is -1.69. The number of rotatable bonds is 12. The van der Waals surface area contributed by atoms with Gasteiger partial charge in [-0.25, -0.2) is 0 Å². The summed E-state index contributed by atoms with van der Waals surface area (Å²) >= 11 is 0. The van der Waals surface area contributed by atoms with Crippen LogP contribution in [0.5, 0.6) is 23.0 Å². The maximum atomic E-state index is 14.3. The molecule has 48 heavy (non-hydrogen) atoms. The summed E-state index contributed by atoms with van der Waals surface area (Å²) in [6, 6.07) is 8.13. The first kappa shape index (κ1) is 35.7. The van der Waals surface area contributed by atoms with E-state index in [0.29, 0.717) is 35.7 Å². The molecule has 0 spiro atoms. The normalized spacial score (nSPS) is 23.6. The van der Waals surface area contributed by atoms with E-state index >= 15 is 0 Å². The van der Waals surface area contributed by atoms with Crippen LogP contribution in [0, 0.1) is 0 Å². The molecule has 0 unspecified atom stereocenters. The zero-order chi connectivity index (χ0) is 34.5. The average Bonchev–Trinajstić information content (AvgIpc) is 3.07. The van der Waals surface area contributed by atoms with Crippen molar-refractivity contribution < 1.29 is 48.9 Å². The molecule has 2 saturated heterocycles. The smallest absolute Gasteiger partial charge is 0.239 e. The van der Waals surface area contributed by atoms with E-state index in [9.17, 15) is 30.3 Å². The molecule has 12 heteroatoms. The highest BCUT2D eigenvalue weighted by Crippen LogP contribution is 2.41. The van der Waals surface area contributed by atoms with Gasteiger partial charge in [-0.05, 0) is 83.7 Å². The highest BCUT2D eigenvalue weighted by molar-refractivity contribution is 5.91. The van der Waals surface area contributed by atoms with E-state index in [2.05, 4.69) is 4.90 Å². The van der Waals surface area contributed by atoms with Crippen LogP contribution in [0.4, 0.5) is 0 Å². The fraction of sp³-hybridized carbons (Fsp3) is 0.528. The highest BCUT2D eigenvalue weighted by Gasteiger charge is 2.44. The first-order chi connectivity index (χ1) is 23.0. The predicted molar refractivity (Wildman–Crippen MR) is 179 cm³/mol. The second kappa shape index (κ2) is 15.7. The lowest BCUT2D eigenvalue weighted by Crippen LogP contribution is -2.58. The molecule has 0 saturated carbocycles. The third-order valence-electron chi connectivity index (χ3n) is 8.96. The van der Waals surface area contributed by atoms with Gasteiger partial charge in [-0.15, -0.1) is 0 Å². The lowest BCUT2D eigenvalue weighted by Gasteiger charge is -2.38. The maximum absolute atomic E-state index is 14.3. The number of unbranched alkanes of at least 4 members (excludes halogenated alkanes) is 1. The largest absolute Gasteiger partial charge is 0.507 e. The molecule has 5 atom stereocenters. The molecule has 2 aliphatic rings. The first-order valence-electron chi connectivity index (χ1n) is 16.5. The van der Waals surface area contributed by atoms with E-state index in [4.69, 9.17) is 23.4 Å². The molecule has 0 radical (unpaired) electrons. The third kappa shape index (κ3) is 7.96. The highest BCUT2D eigenvalue weighted by atomic mass is 16.7. The summed E-state index contributed by atoms with van der Waals surface area (Å²) in [5.41, 5.74) is 1.43. The summed E-state index contributed by atoms with van der Waals surface area (Å²) in [4.78, 5) is 16.6. The Kier molecular flexibility index (Phi) is 11.7. The molecule has 2 aliphatic heterocycles. The Hall–Kier alpha value is -3.65. The number of ether oxygens (including phenoxy) is 4. The van der Waals surface area contributed by atoms with Crippen LogP contribution in [0.1, 0.15) is 52.0 Å². The number of aliphatic hydroxyl groups excluding tert-OH is 4. The molecule has 5 rings (SSSR count). The van der Waals surface area contributed by atoms with E-state index in [1.807, 2.05) is 19.9 Å². The van der Waals surface area contributed by atoms with Gasteiger partial charge in [0.05, 0.1) is 25.9 Å². The van der Waals surface area contributed by atoms with Crippen molar-refractivity contribution in [3.8, 4) is 34.3 Å². The van der Waals surface area contributed by atoms with Crippen LogP contribution in [0.2, 0.25) is 0 Å². The summed E-state index contributed by atoms with van der Waals surface area (Å²) in [7, 11) is 1.53. The van der Waals surface area contributed by atoms with Gasteiger partial charge in [-0.3, -0.25) is 4.79 Å². The van der Waals surface area contributed by atoms with E-state index in [-0.39, 0.29) is 34.3 Å². The average molecular weight is 670 g/mol. The number of nitrogens with zero attached hydrogens (tertiary/aromatic N) is 1. The summed E-state index contributed by atoms with van der Waals surface area (Å²) in [5.74, 6) is 0.224. The predicted octanol–water partition coefficient (Wildman–Crippen LogP) is 3.50. The van der Waals surface area contributed by atoms with Gasteiger partial charge in [-0.1, -0.05) is 11.6 Å². The number of benzene rings is 2. The fourth-order valence-electron chi connectivity index (χ4n) is 6.02. The Morgan fingerprint density at radius 3 is 2.40 bits per heavy atom. The lowest BCUT2D eigenvalue weighted by atomic mass is 10.00. The standard InChI is InChI=1S/C36H47NO11/c1-20(2)7-12-25-27(45-18-6-5-15-37-16-13-23(38)14-17-37)19-26(39)28-30(41)35(48-36-32(43)31(42)29(40)21(3)46-36)33(47-34(25)28)22-8-10-24(44-4)11-9-22/h7-11,19,21,23,29,31-32,36,38-40,42-43H,5-6,12-18H2,1-4H3/t21-,29-,31+,32+,36-/m1/s1. The number of hydrogen-bond donors (Lipinski definition) is 5. The molecule has 5 N–H and O–H groups in total. The molecule has 2 aromatic carbocycles. The molecule has 0 aliphatic carbocycles. The van der Waals surface area contributed by atoms with E-state index < -0.39 is 36.1 Å². The van der Waals surface area contributed by atoms with Gasteiger partial charge < -0.3 is 53.8 Å². The summed E-state index contributed by atoms with van der Waals surface area (Å²) in [5, 5.41) is 52.1. The van der Waals surface area contributed by atoms with Gasteiger partial charge >= 0.3 is 0 Å². The van der Waals surface area contributed by atoms with Crippen LogP contribution in [0.25, 0.3) is 22.3 Å². The summed E-state index contributed by atoms with van der Waals surface area (Å²) in [6.45, 7) is 8.45. The van der Waals surface area contributed by atoms with Crippen LogP contribution in [0.3, 0.4) is 0 Å². The number of allylic oxidation sites excluding steroid dienone is 2. The van der Waals surface area contributed by atoms with Gasteiger partial charge in [-0.2, -0.15) is 0 Å². The van der Waals surface area contributed by atoms with Crippen molar-refractivity contribution in [1.29, 1.82) is 0 Å². The SMILES string of the molecule is COc1ccc(-c2oc3c(CC=C(C)C)c(OCCCCN4CCC(O)CC4)cc(O)c3c(=O)c2O[C@H]2O[C@H](C)[C@@H](O)[C@H](O)[C@@H]2O)cc1. The number of methoxy groups -OCH3 is 1. The second-order valence-corrected chi connectivity index (χ2v) is 12.8. The van der Waals surface area contributed by atoms with Crippen molar-refractivity contribution in [2.45, 2.75) is 89.7 Å². The minimum Gasteiger partial charge on any atom is -0.507 e. The van der Waals surface area contributed by atoms with Crippen LogP contribution in [0.15, 0.2) is 51.2 Å². The van der Waals surface area contributed by atoms with Gasteiger partial charge in [0.15, 0.2) is 5.76 Å². The Labute approximate surface area is 279 Å². The molecule has 0 bridgehead atoms. The number of aromatic hydroxyl groups is 1. The lowest BCUT2D eigenvalue weighted by molar-refractivity contribution is -0.268. The van der Waals surface area contributed by atoms with Crippen LogP contribution >= 0.6 is 0 Å². The van der Waals surface area contributed by atoms with Crippen molar-refractivity contribution in [1.82, 2.24) is 4.90 Å². The Balaban J connectivity index is 1.53. The van der Waals surface area contributed by atoms with E-state index in [1.54, 1.807) is 24.3 Å². The van der Waals surface area contributed by atoms with Gasteiger partial charge in [0.2, 0.25) is 17.5 Å². The molecule has 1 aromatic heterocycles. The number of phenols is 1. The van der Waals surface area contributed by atoms with Crippen molar-refractivity contribution in [3.63, 3.8) is 0 Å². The number of fused-ring (bicyclic) bond motifs is 1. The topological polar surface area (TPSA) is 172 Å². The van der Waals surface area contributed by atoms with Gasteiger partial charge in [0.1, 0.15) is 46.5 Å². The van der Waals surface area contributed by atoms with E-state index in [0.717, 1.165) is 50.9 Å². The summed E-state index contributed by atoms with van der Waals surface area (Å²) in [6.07, 6.45) is -1.74. The molecule has 262 valence electrons. The molecular formula is C36H47NO11. The zero-order valence-electron chi connectivity index (χ0n) is 27.9. The number of likely N-dealkylation sites (tertiary alicyclic amines) is 1. The Bertz CT molecular complexity index is 1620. The Morgan fingerprint density at radius 2 is 1.73 bits per heavy atom. The van der Waals surface area contributed by atoms with Crippen LogP contribution in [-0.2, 0) is 11.2 Å². The molecule has 3 aromatic rings. The van der Waals surface area contributed by atoms with Crippen LogP contribution in [-0.4, -0.2) is 101 Å². The molecule has 2 fully saturated rings. The minimum absolute atomic E-state index is 0.000803. The molecule has 12 nitrogen and oxygen atoms in total. The van der Waals surface area contributed by atoms with Crippen molar-refractivity contribution in [3.05, 3.63) is 57.8 Å². The molecule has 3 heterocycles. The molecular weight excluding hydrogens is 622 g/mol. The third-order valence-corrected chi connectivity index (χ3v) is 8.96. The number of hydrogen-bond acceptors (Lipinski definition) is 12.